The average molecular weight is 386 g/mol. The minimum absolute atomic E-state index is 0.770. The van der Waals surface area contributed by atoms with Gasteiger partial charge in [0.15, 0.2) is 0 Å². The van der Waals surface area contributed by atoms with Crippen LogP contribution in [0.3, 0.4) is 0 Å². The Morgan fingerprint density at radius 2 is 1.00 bits per heavy atom. The quantitative estimate of drug-likeness (QED) is 0.577. The molecule has 0 atom stereocenters. The Balaban J connectivity index is 2.22. The van der Waals surface area contributed by atoms with Gasteiger partial charge < -0.3 is 14.5 Å². The maximum Gasteiger partial charge on any atom is 0.132 e. The second-order valence-corrected chi connectivity index (χ2v) is 7.47. The summed E-state index contributed by atoms with van der Waals surface area (Å²) in [5.74, 6) is 0.770. The van der Waals surface area contributed by atoms with Crippen molar-refractivity contribution in [2.75, 3.05) is 45.1 Å². The van der Waals surface area contributed by atoms with Crippen LogP contribution in [0, 0.1) is 11.3 Å². The summed E-state index contributed by atoms with van der Waals surface area (Å²) in [4.78, 5) is 4.11. The van der Waals surface area contributed by atoms with E-state index in [1.54, 1.807) is 7.11 Å². The molecule has 4 heteroatoms. The third-order valence-electron chi connectivity index (χ3n) is 5.32. The number of methoxy groups -OCH3 is 1. The molecule has 4 nitrogen and oxygen atoms in total. The van der Waals surface area contributed by atoms with Crippen LogP contribution in [-0.2, 0) is 5.41 Å². The lowest BCUT2D eigenvalue weighted by Crippen LogP contribution is -2.27. The van der Waals surface area contributed by atoms with Crippen molar-refractivity contribution in [3.05, 3.63) is 89.5 Å². The van der Waals surface area contributed by atoms with E-state index < -0.39 is 5.41 Å². The van der Waals surface area contributed by atoms with Gasteiger partial charge in [-0.2, -0.15) is 5.26 Å². The first-order valence-electron chi connectivity index (χ1n) is 9.54. The van der Waals surface area contributed by atoms with Crippen LogP contribution in [0.4, 0.5) is 11.4 Å². The third kappa shape index (κ3) is 3.77. The van der Waals surface area contributed by atoms with Crippen molar-refractivity contribution in [1.29, 1.82) is 5.26 Å². The molecule has 0 aromatic heterocycles. The highest BCUT2D eigenvalue weighted by molar-refractivity contribution is 5.61. The van der Waals surface area contributed by atoms with Crippen LogP contribution < -0.4 is 14.5 Å². The predicted octanol–water partition coefficient (Wildman–Crippen LogP) is 4.69. The Labute approximate surface area is 173 Å². The molecule has 0 unspecified atom stereocenters. The molecule has 0 aliphatic heterocycles. The fourth-order valence-electron chi connectivity index (χ4n) is 3.55. The van der Waals surface area contributed by atoms with Crippen molar-refractivity contribution in [3.8, 4) is 11.8 Å². The van der Waals surface area contributed by atoms with Crippen LogP contribution in [0.15, 0.2) is 72.8 Å². The molecule has 148 valence electrons. The van der Waals surface area contributed by atoms with Gasteiger partial charge in [0.2, 0.25) is 0 Å². The second kappa shape index (κ2) is 8.28. The summed E-state index contributed by atoms with van der Waals surface area (Å²) in [5, 5.41) is 10.5. The first-order valence-corrected chi connectivity index (χ1v) is 9.54. The molecule has 0 amide bonds. The Kier molecular flexibility index (Phi) is 5.79. The topological polar surface area (TPSA) is 39.5 Å². The van der Waals surface area contributed by atoms with E-state index in [0.29, 0.717) is 0 Å². The summed E-state index contributed by atoms with van der Waals surface area (Å²) in [6, 6.07) is 26.8. The van der Waals surface area contributed by atoms with E-state index in [1.165, 1.54) is 0 Å². The molecule has 0 saturated heterocycles. The minimum atomic E-state index is -0.915. The number of nitriles is 1. The normalized spacial score (nSPS) is 10.9. The second-order valence-electron chi connectivity index (χ2n) is 7.47. The molecule has 3 rings (SSSR count). The van der Waals surface area contributed by atoms with Gasteiger partial charge in [-0.15, -0.1) is 0 Å². The number of benzene rings is 3. The van der Waals surface area contributed by atoms with Crippen LogP contribution >= 0.6 is 0 Å². The number of anilines is 2. The highest BCUT2D eigenvalue weighted by Gasteiger charge is 2.37. The SMILES string of the molecule is COc1ccc(C(C#N)(c2ccc(N(C)C)cc2)c2ccc(N(C)C)cc2)cc1. The lowest BCUT2D eigenvalue weighted by atomic mass is 9.70. The Morgan fingerprint density at radius 3 is 1.28 bits per heavy atom. The molecule has 0 saturated carbocycles. The minimum Gasteiger partial charge on any atom is -0.497 e. The molecule has 0 spiro atoms. The maximum atomic E-state index is 10.5. The van der Waals surface area contributed by atoms with Crippen molar-refractivity contribution in [2.45, 2.75) is 5.41 Å². The van der Waals surface area contributed by atoms with Crippen molar-refractivity contribution >= 4 is 11.4 Å². The monoisotopic (exact) mass is 385 g/mol. The van der Waals surface area contributed by atoms with Gasteiger partial charge in [-0.25, -0.2) is 0 Å². The van der Waals surface area contributed by atoms with Crippen LogP contribution in [0.25, 0.3) is 0 Å². The highest BCUT2D eigenvalue weighted by atomic mass is 16.5. The Morgan fingerprint density at radius 1 is 0.655 bits per heavy atom. The van der Waals surface area contributed by atoms with Crippen LogP contribution in [0.1, 0.15) is 16.7 Å². The van der Waals surface area contributed by atoms with Crippen molar-refractivity contribution in [1.82, 2.24) is 0 Å². The Bertz CT molecular complexity index is 931. The van der Waals surface area contributed by atoms with Crippen LogP contribution in [0.5, 0.6) is 5.75 Å². The molecular weight excluding hydrogens is 358 g/mol. The first-order chi connectivity index (χ1) is 13.9. The number of nitrogens with zero attached hydrogens (tertiary/aromatic N) is 3. The summed E-state index contributed by atoms with van der Waals surface area (Å²) in [7, 11) is 9.69. The maximum absolute atomic E-state index is 10.5. The molecule has 3 aromatic carbocycles. The number of hydrogen-bond acceptors (Lipinski definition) is 4. The van der Waals surface area contributed by atoms with E-state index in [4.69, 9.17) is 4.74 Å². The van der Waals surface area contributed by atoms with E-state index in [9.17, 15) is 5.26 Å². The van der Waals surface area contributed by atoms with Gasteiger partial charge in [0.25, 0.3) is 0 Å². The van der Waals surface area contributed by atoms with Gasteiger partial charge in [-0.05, 0) is 53.1 Å². The lowest BCUT2D eigenvalue weighted by molar-refractivity contribution is 0.414. The predicted molar refractivity (Wildman–Crippen MR) is 120 cm³/mol. The van der Waals surface area contributed by atoms with Crippen LogP contribution in [-0.4, -0.2) is 35.3 Å². The van der Waals surface area contributed by atoms with Gasteiger partial charge >= 0.3 is 0 Å². The van der Waals surface area contributed by atoms with Crippen molar-refractivity contribution in [3.63, 3.8) is 0 Å². The first kappa shape index (κ1) is 20.3. The van der Waals surface area contributed by atoms with Gasteiger partial charge in [-0.3, -0.25) is 0 Å². The summed E-state index contributed by atoms with van der Waals surface area (Å²) in [6.07, 6.45) is 0. The zero-order valence-electron chi connectivity index (χ0n) is 17.7. The van der Waals surface area contributed by atoms with Gasteiger partial charge in [0.1, 0.15) is 11.2 Å². The molecule has 3 aromatic rings. The number of rotatable bonds is 6. The van der Waals surface area contributed by atoms with Gasteiger partial charge in [-0.1, -0.05) is 36.4 Å². The number of ether oxygens (including phenoxy) is 1. The van der Waals surface area contributed by atoms with Crippen molar-refractivity contribution < 1.29 is 4.74 Å². The highest BCUT2D eigenvalue weighted by Crippen LogP contribution is 2.40. The van der Waals surface area contributed by atoms with Crippen molar-refractivity contribution in [2.24, 2.45) is 0 Å². The molecule has 0 radical (unpaired) electrons. The fraction of sp³-hybridized carbons (Fsp3) is 0.240. The third-order valence-corrected chi connectivity index (χ3v) is 5.32. The molecular formula is C25H27N3O. The Hall–Kier alpha value is -3.45. The zero-order chi connectivity index (χ0) is 21.0. The van der Waals surface area contributed by atoms with Gasteiger partial charge in [0, 0.05) is 39.6 Å². The van der Waals surface area contributed by atoms with Gasteiger partial charge in [0.05, 0.1) is 13.2 Å². The van der Waals surface area contributed by atoms with E-state index in [0.717, 1.165) is 33.8 Å². The summed E-state index contributed by atoms with van der Waals surface area (Å²) in [5.41, 5.74) is 4.07. The fourth-order valence-corrected chi connectivity index (χ4v) is 3.55. The largest absolute Gasteiger partial charge is 0.497 e. The molecule has 0 N–H and O–H groups in total. The summed E-state index contributed by atoms with van der Waals surface area (Å²) in [6.45, 7) is 0. The van der Waals surface area contributed by atoms with E-state index >= 15 is 0 Å². The van der Waals surface area contributed by atoms with E-state index in [2.05, 4.69) is 40.1 Å². The summed E-state index contributed by atoms with van der Waals surface area (Å²) < 4.78 is 5.32. The molecule has 0 heterocycles. The number of hydrogen-bond donors (Lipinski definition) is 0. The molecule has 0 aliphatic carbocycles. The van der Waals surface area contributed by atoms with E-state index in [1.807, 2.05) is 76.7 Å². The zero-order valence-corrected chi connectivity index (χ0v) is 17.7. The smallest absolute Gasteiger partial charge is 0.132 e. The molecule has 0 fully saturated rings. The molecule has 0 aliphatic rings. The summed E-state index contributed by atoms with van der Waals surface area (Å²) >= 11 is 0. The van der Waals surface area contributed by atoms with Crippen LogP contribution in [0.2, 0.25) is 0 Å². The standard InChI is InChI=1S/C25H27N3O/c1-27(2)22-12-6-19(7-13-22)25(18-26,21-10-16-24(29-5)17-11-21)20-8-14-23(15-9-20)28(3)4/h6-17H,1-5H3. The van der Waals surface area contributed by atoms with E-state index in [-0.39, 0.29) is 0 Å². The average Bonchev–Trinajstić information content (AvgIpc) is 2.76. The lowest BCUT2D eigenvalue weighted by Gasteiger charge is -2.30. The molecule has 29 heavy (non-hydrogen) atoms. The molecule has 0 bridgehead atoms.